The van der Waals surface area contributed by atoms with Crippen LogP contribution in [0.25, 0.3) is 21.7 Å². The number of thiophene rings is 1. The van der Waals surface area contributed by atoms with Crippen LogP contribution in [0, 0.1) is 0 Å². The van der Waals surface area contributed by atoms with Gasteiger partial charge in [-0.05, 0) is 37.1 Å². The van der Waals surface area contributed by atoms with E-state index in [1.165, 1.54) is 0 Å². The highest BCUT2D eigenvalue weighted by Gasteiger charge is 2.17. The fourth-order valence-corrected chi connectivity index (χ4v) is 3.61. The van der Waals surface area contributed by atoms with Gasteiger partial charge in [0.15, 0.2) is 0 Å². The summed E-state index contributed by atoms with van der Waals surface area (Å²) >= 11 is 7.69. The summed E-state index contributed by atoms with van der Waals surface area (Å²) in [4.78, 5) is 16.9. The highest BCUT2D eigenvalue weighted by atomic mass is 35.5. The zero-order chi connectivity index (χ0) is 18.7. The van der Waals surface area contributed by atoms with E-state index in [4.69, 9.17) is 16.7 Å². The van der Waals surface area contributed by atoms with Gasteiger partial charge in [0.2, 0.25) is 5.91 Å². The van der Waals surface area contributed by atoms with Crippen molar-refractivity contribution in [2.24, 2.45) is 0 Å². The van der Waals surface area contributed by atoms with Gasteiger partial charge in [0, 0.05) is 35.8 Å². The molecule has 1 unspecified atom stereocenters. The molecule has 1 N–H and O–H groups in total. The number of nitrogens with one attached hydrogen (secondary N) is 1. The fourth-order valence-electron chi connectivity index (χ4n) is 2.53. The second-order valence-electron chi connectivity index (χ2n) is 6.09. The normalized spacial score (nSPS) is 12.2. The Kier molecular flexibility index (Phi) is 5.74. The molecule has 3 aromatic rings. The zero-order valence-electron chi connectivity index (χ0n) is 15.0. The van der Waals surface area contributed by atoms with Gasteiger partial charge >= 0.3 is 0 Å². The maximum absolute atomic E-state index is 11.7. The van der Waals surface area contributed by atoms with Crippen molar-refractivity contribution in [3.05, 3.63) is 41.0 Å². The van der Waals surface area contributed by atoms with Gasteiger partial charge in [0.25, 0.3) is 0 Å². The molecule has 0 saturated heterocycles. The van der Waals surface area contributed by atoms with Crippen molar-refractivity contribution in [1.82, 2.24) is 14.8 Å². The number of hydrogen-bond acceptors (Lipinski definition) is 4. The van der Waals surface area contributed by atoms with Crippen molar-refractivity contribution in [2.45, 2.75) is 39.7 Å². The predicted octanol–water partition coefficient (Wildman–Crippen LogP) is 5.65. The van der Waals surface area contributed by atoms with E-state index in [0.717, 1.165) is 28.1 Å². The Bertz CT molecular complexity index is 918. The van der Waals surface area contributed by atoms with Crippen molar-refractivity contribution in [1.29, 1.82) is 0 Å². The number of amides is 1. The summed E-state index contributed by atoms with van der Waals surface area (Å²) in [5, 5.41) is 10.2. The molecule has 136 valence electrons. The van der Waals surface area contributed by atoms with Crippen LogP contribution in [0.4, 0.5) is 5.82 Å². The summed E-state index contributed by atoms with van der Waals surface area (Å²) in [5.41, 5.74) is 2.85. The third kappa shape index (κ3) is 3.97. The molecule has 0 saturated carbocycles. The second kappa shape index (κ2) is 8.01. The maximum Gasteiger partial charge on any atom is 0.225 e. The van der Waals surface area contributed by atoms with Crippen LogP contribution in [0.15, 0.2) is 36.0 Å². The molecule has 0 aliphatic carbocycles. The van der Waals surface area contributed by atoms with Crippen molar-refractivity contribution >= 4 is 34.7 Å². The quantitative estimate of drug-likeness (QED) is 0.593. The van der Waals surface area contributed by atoms with Crippen molar-refractivity contribution in [3.8, 4) is 21.7 Å². The van der Waals surface area contributed by atoms with Gasteiger partial charge < -0.3 is 5.32 Å². The molecule has 3 heterocycles. The minimum Gasteiger partial charge on any atom is -0.311 e. The average molecular weight is 389 g/mol. The minimum atomic E-state index is -0.0600. The Morgan fingerprint density at radius 1 is 1.38 bits per heavy atom. The maximum atomic E-state index is 11.7. The van der Waals surface area contributed by atoms with Crippen LogP contribution in [0.2, 0.25) is 5.02 Å². The Hall–Kier alpha value is -2.18. The van der Waals surface area contributed by atoms with Gasteiger partial charge in [-0.3, -0.25) is 9.48 Å². The lowest BCUT2D eigenvalue weighted by Crippen LogP contribution is -2.10. The molecule has 3 aromatic heterocycles. The average Bonchev–Trinajstić information content (AvgIpc) is 3.27. The molecule has 1 atom stereocenters. The predicted molar refractivity (Wildman–Crippen MR) is 108 cm³/mol. The first-order valence-corrected chi connectivity index (χ1v) is 9.87. The van der Waals surface area contributed by atoms with Gasteiger partial charge in [-0.15, -0.1) is 11.3 Å². The Morgan fingerprint density at radius 3 is 2.85 bits per heavy atom. The second-order valence-corrected chi connectivity index (χ2v) is 7.44. The number of rotatable bonds is 6. The summed E-state index contributed by atoms with van der Waals surface area (Å²) in [6.07, 6.45) is 5.15. The van der Waals surface area contributed by atoms with Gasteiger partial charge in [0.05, 0.1) is 9.90 Å². The smallest absolute Gasteiger partial charge is 0.225 e. The number of carbonyl (C=O) groups excluding carboxylic acids is 1. The summed E-state index contributed by atoms with van der Waals surface area (Å²) in [6, 6.07) is 6.03. The van der Waals surface area contributed by atoms with E-state index in [2.05, 4.69) is 30.3 Å². The monoisotopic (exact) mass is 388 g/mol. The molecular formula is C19H21ClN4OS. The Morgan fingerprint density at radius 2 is 2.19 bits per heavy atom. The van der Waals surface area contributed by atoms with Crippen molar-refractivity contribution in [3.63, 3.8) is 0 Å². The lowest BCUT2D eigenvalue weighted by atomic mass is 10.1. The number of halogens is 1. The first-order valence-electron chi connectivity index (χ1n) is 8.61. The largest absolute Gasteiger partial charge is 0.311 e. The Balaban J connectivity index is 2.07. The molecule has 3 rings (SSSR count). The molecule has 0 spiro atoms. The minimum absolute atomic E-state index is 0.0600. The molecule has 0 aliphatic rings. The Labute approximate surface area is 162 Å². The molecule has 0 radical (unpaired) electrons. The number of hydrogen-bond donors (Lipinski definition) is 1. The van der Waals surface area contributed by atoms with Crippen LogP contribution in [0.5, 0.6) is 0 Å². The number of aromatic nitrogens is 3. The van der Waals surface area contributed by atoms with E-state index in [-0.39, 0.29) is 5.91 Å². The molecule has 26 heavy (non-hydrogen) atoms. The van der Waals surface area contributed by atoms with E-state index in [9.17, 15) is 4.79 Å². The number of carbonyl (C=O) groups is 1. The van der Waals surface area contributed by atoms with Crippen LogP contribution >= 0.6 is 22.9 Å². The van der Waals surface area contributed by atoms with Gasteiger partial charge in [-0.2, -0.15) is 5.10 Å². The number of nitrogens with zero attached hydrogens (tertiary/aromatic N) is 3. The van der Waals surface area contributed by atoms with E-state index in [1.807, 2.05) is 35.2 Å². The first kappa shape index (κ1) is 18.6. The molecule has 7 heteroatoms. The highest BCUT2D eigenvalue weighted by Crippen LogP contribution is 2.37. The van der Waals surface area contributed by atoms with E-state index in [0.29, 0.717) is 23.3 Å². The lowest BCUT2D eigenvalue weighted by molar-refractivity contribution is -0.115. The molecule has 0 bridgehead atoms. The van der Waals surface area contributed by atoms with E-state index >= 15 is 0 Å². The van der Waals surface area contributed by atoms with Crippen LogP contribution < -0.4 is 5.32 Å². The summed E-state index contributed by atoms with van der Waals surface area (Å²) in [5.74, 6) is 0.482. The third-order valence-electron chi connectivity index (χ3n) is 4.23. The van der Waals surface area contributed by atoms with Crippen LogP contribution in [0.1, 0.15) is 39.7 Å². The van der Waals surface area contributed by atoms with Crippen LogP contribution in [-0.4, -0.2) is 20.7 Å². The molecule has 1 amide bonds. The van der Waals surface area contributed by atoms with Gasteiger partial charge in [-0.1, -0.05) is 25.4 Å². The molecule has 0 aromatic carbocycles. The van der Waals surface area contributed by atoms with E-state index in [1.54, 1.807) is 17.5 Å². The number of anilines is 1. The molecular weight excluding hydrogens is 368 g/mol. The third-order valence-corrected chi connectivity index (χ3v) is 5.52. The molecule has 5 nitrogen and oxygen atoms in total. The lowest BCUT2D eigenvalue weighted by Gasteiger charge is -2.08. The topological polar surface area (TPSA) is 59.8 Å². The molecule has 0 fully saturated rings. The summed E-state index contributed by atoms with van der Waals surface area (Å²) in [6.45, 7) is 6.09. The van der Waals surface area contributed by atoms with Crippen LogP contribution in [-0.2, 0) is 4.79 Å². The van der Waals surface area contributed by atoms with Crippen LogP contribution in [0.3, 0.4) is 0 Å². The van der Waals surface area contributed by atoms with Gasteiger partial charge in [-0.25, -0.2) is 4.98 Å². The van der Waals surface area contributed by atoms with Gasteiger partial charge in [0.1, 0.15) is 11.5 Å². The summed E-state index contributed by atoms with van der Waals surface area (Å²) < 4.78 is 1.99. The van der Waals surface area contributed by atoms with E-state index < -0.39 is 0 Å². The highest BCUT2D eigenvalue weighted by molar-refractivity contribution is 7.14. The fraction of sp³-hybridized carbons (Fsp3) is 0.316. The summed E-state index contributed by atoms with van der Waals surface area (Å²) in [7, 11) is 0. The zero-order valence-corrected chi connectivity index (χ0v) is 16.6. The van der Waals surface area contributed by atoms with Crippen molar-refractivity contribution in [2.75, 3.05) is 5.32 Å². The molecule has 0 aliphatic heterocycles. The number of pyridine rings is 1. The first-order chi connectivity index (χ1) is 12.5. The standard InChI is InChI=1S/C19H21ClN4OS/c1-4-12(3)24-10-15(19(23-24)16-9-14(20)11-26-16)13-6-7-21-17(8-13)22-18(25)5-2/h6-12H,4-5H2,1-3H3,(H,21,22,25). The van der Waals surface area contributed by atoms with Crippen molar-refractivity contribution < 1.29 is 4.79 Å². The SMILES string of the molecule is CCC(=O)Nc1cc(-c2cn(C(C)CC)nc2-c2cc(Cl)cs2)ccn1.